The second-order valence-electron chi connectivity index (χ2n) is 7.80. The summed E-state index contributed by atoms with van der Waals surface area (Å²) in [5.74, 6) is -1.13. The second-order valence-corrected chi connectivity index (χ2v) is 7.80. The van der Waals surface area contributed by atoms with Crippen molar-refractivity contribution in [3.8, 4) is 0 Å². The van der Waals surface area contributed by atoms with Crippen LogP contribution in [0.15, 0.2) is 11.0 Å². The average molecular weight is 388 g/mol. The fraction of sp³-hybridized carbons (Fsp3) is 0.550. The Hall–Kier alpha value is -2.48. The highest BCUT2D eigenvalue weighted by Crippen LogP contribution is 2.38. The van der Waals surface area contributed by atoms with E-state index >= 15 is 4.39 Å². The minimum absolute atomic E-state index is 0.0800. The molecule has 2 fully saturated rings. The third-order valence-corrected chi connectivity index (χ3v) is 5.76. The molecule has 8 heteroatoms. The van der Waals surface area contributed by atoms with Gasteiger partial charge in [-0.05, 0) is 45.2 Å². The van der Waals surface area contributed by atoms with E-state index < -0.39 is 17.2 Å². The molecule has 3 heterocycles. The molecule has 2 aromatic rings. The van der Waals surface area contributed by atoms with Crippen molar-refractivity contribution >= 4 is 22.8 Å². The van der Waals surface area contributed by atoms with Crippen LogP contribution in [0, 0.1) is 18.7 Å². The van der Waals surface area contributed by atoms with Gasteiger partial charge in [0, 0.05) is 30.9 Å². The van der Waals surface area contributed by atoms with Gasteiger partial charge in [0.1, 0.15) is 11.2 Å². The van der Waals surface area contributed by atoms with Crippen molar-refractivity contribution in [1.82, 2.24) is 14.9 Å². The van der Waals surface area contributed by atoms with E-state index in [2.05, 4.69) is 17.2 Å². The molecule has 7 nitrogen and oxygen atoms in total. The summed E-state index contributed by atoms with van der Waals surface area (Å²) in [5.41, 5.74) is -0.427. The predicted octanol–water partition coefficient (Wildman–Crippen LogP) is 2.31. The van der Waals surface area contributed by atoms with Gasteiger partial charge in [-0.2, -0.15) is 0 Å². The third kappa shape index (κ3) is 3.15. The lowest BCUT2D eigenvalue weighted by molar-refractivity contribution is 0.0695. The van der Waals surface area contributed by atoms with E-state index in [-0.39, 0.29) is 28.4 Å². The summed E-state index contributed by atoms with van der Waals surface area (Å²) in [7, 11) is 0. The second kappa shape index (κ2) is 7.16. The molecule has 4 rings (SSSR count). The van der Waals surface area contributed by atoms with E-state index in [1.165, 1.54) is 6.20 Å². The normalized spacial score (nSPS) is 19.5. The van der Waals surface area contributed by atoms with Crippen LogP contribution < -0.4 is 15.6 Å². The van der Waals surface area contributed by atoms with E-state index in [4.69, 9.17) is 0 Å². The smallest absolute Gasteiger partial charge is 0.341 e. The fourth-order valence-electron chi connectivity index (χ4n) is 4.04. The van der Waals surface area contributed by atoms with Crippen molar-refractivity contribution in [1.29, 1.82) is 0 Å². The Labute approximate surface area is 162 Å². The van der Waals surface area contributed by atoms with Crippen molar-refractivity contribution in [2.45, 2.75) is 39.2 Å². The molecular weight excluding hydrogens is 363 g/mol. The SMILES string of the molecule is CCNCC1CCN(c2nc3c(c(C)c2F)c(=O)c(C(=O)O)cn3C2CC2)C1. The molecule has 1 saturated carbocycles. The van der Waals surface area contributed by atoms with E-state index in [1.807, 2.05) is 4.90 Å². The molecule has 0 spiro atoms. The van der Waals surface area contributed by atoms with Crippen molar-refractivity contribution in [2.24, 2.45) is 5.92 Å². The molecule has 0 radical (unpaired) electrons. The zero-order chi connectivity index (χ0) is 20.0. The van der Waals surface area contributed by atoms with Gasteiger partial charge >= 0.3 is 5.97 Å². The van der Waals surface area contributed by atoms with Gasteiger partial charge in [-0.1, -0.05) is 6.92 Å². The monoisotopic (exact) mass is 388 g/mol. The number of carboxylic acid groups (broad SMARTS) is 1. The first-order valence-corrected chi connectivity index (χ1v) is 9.86. The molecule has 2 aromatic heterocycles. The topological polar surface area (TPSA) is 87.5 Å². The molecule has 0 aromatic carbocycles. The number of pyridine rings is 2. The van der Waals surface area contributed by atoms with Gasteiger partial charge in [0.15, 0.2) is 11.6 Å². The predicted molar refractivity (Wildman–Crippen MR) is 105 cm³/mol. The number of nitrogens with one attached hydrogen (secondary N) is 1. The molecule has 28 heavy (non-hydrogen) atoms. The van der Waals surface area contributed by atoms with Crippen LogP contribution in [0.3, 0.4) is 0 Å². The summed E-state index contributed by atoms with van der Waals surface area (Å²) < 4.78 is 17.0. The van der Waals surface area contributed by atoms with Crippen molar-refractivity contribution in [2.75, 3.05) is 31.1 Å². The van der Waals surface area contributed by atoms with Gasteiger partial charge in [-0.3, -0.25) is 4.79 Å². The maximum Gasteiger partial charge on any atom is 0.341 e. The first-order chi connectivity index (χ1) is 13.4. The number of carboxylic acids is 1. The lowest BCUT2D eigenvalue weighted by Crippen LogP contribution is -2.28. The van der Waals surface area contributed by atoms with Gasteiger partial charge in [0.25, 0.3) is 0 Å². The number of aromatic carboxylic acids is 1. The molecule has 150 valence electrons. The van der Waals surface area contributed by atoms with Crippen LogP contribution in [0.5, 0.6) is 0 Å². The minimum Gasteiger partial charge on any atom is -0.477 e. The maximum atomic E-state index is 15.2. The summed E-state index contributed by atoms with van der Waals surface area (Å²) >= 11 is 0. The summed E-state index contributed by atoms with van der Waals surface area (Å²) in [4.78, 5) is 30.7. The van der Waals surface area contributed by atoms with Crippen LogP contribution in [0.25, 0.3) is 11.0 Å². The van der Waals surface area contributed by atoms with Gasteiger partial charge < -0.3 is 19.9 Å². The number of rotatable bonds is 6. The van der Waals surface area contributed by atoms with Crippen LogP contribution >= 0.6 is 0 Å². The van der Waals surface area contributed by atoms with E-state index in [9.17, 15) is 14.7 Å². The Morgan fingerprint density at radius 2 is 2.14 bits per heavy atom. The average Bonchev–Trinajstić information content (AvgIpc) is 3.40. The molecule has 1 unspecified atom stereocenters. The summed E-state index contributed by atoms with van der Waals surface area (Å²) in [6.07, 6.45) is 4.13. The highest BCUT2D eigenvalue weighted by Gasteiger charge is 2.31. The van der Waals surface area contributed by atoms with Crippen molar-refractivity contribution in [3.63, 3.8) is 0 Å². The molecule has 0 amide bonds. The Kier molecular flexibility index (Phi) is 4.82. The molecule has 1 aliphatic carbocycles. The van der Waals surface area contributed by atoms with Crippen LogP contribution in [-0.2, 0) is 0 Å². The standard InChI is InChI=1S/C20H25FN4O3/c1-3-22-8-12-6-7-24(9-12)19-16(21)11(2)15-17(26)14(20(27)28)10-25(13-4-5-13)18(15)23-19/h10,12-13,22H,3-9H2,1-2H3,(H,27,28). The molecule has 1 saturated heterocycles. The fourth-order valence-corrected chi connectivity index (χ4v) is 4.04. The summed E-state index contributed by atoms with van der Waals surface area (Å²) in [6, 6.07) is 0.117. The first-order valence-electron chi connectivity index (χ1n) is 9.86. The summed E-state index contributed by atoms with van der Waals surface area (Å²) in [5, 5.41) is 12.8. The number of anilines is 1. The van der Waals surface area contributed by atoms with Crippen molar-refractivity contribution < 1.29 is 14.3 Å². The summed E-state index contributed by atoms with van der Waals surface area (Å²) in [6.45, 7) is 6.81. The van der Waals surface area contributed by atoms with Gasteiger partial charge in [0.05, 0.1) is 5.39 Å². The van der Waals surface area contributed by atoms with Gasteiger partial charge in [-0.25, -0.2) is 14.2 Å². The van der Waals surface area contributed by atoms with E-state index in [1.54, 1.807) is 11.5 Å². The minimum atomic E-state index is -1.30. The number of aromatic nitrogens is 2. The largest absolute Gasteiger partial charge is 0.477 e. The molecule has 0 bridgehead atoms. The number of nitrogens with zero attached hydrogens (tertiary/aromatic N) is 3. The number of aryl methyl sites for hydroxylation is 1. The lowest BCUT2D eigenvalue weighted by atomic mass is 10.1. The Bertz CT molecular complexity index is 999. The van der Waals surface area contributed by atoms with E-state index in [0.717, 1.165) is 32.4 Å². The molecular formula is C20H25FN4O3. The highest BCUT2D eigenvalue weighted by molar-refractivity contribution is 5.93. The van der Waals surface area contributed by atoms with Crippen LogP contribution in [0.4, 0.5) is 10.2 Å². The molecule has 1 aliphatic heterocycles. The van der Waals surface area contributed by atoms with E-state index in [0.29, 0.717) is 24.7 Å². The van der Waals surface area contributed by atoms with Crippen molar-refractivity contribution in [3.05, 3.63) is 33.4 Å². The number of fused-ring (bicyclic) bond motifs is 1. The number of hydrogen-bond acceptors (Lipinski definition) is 5. The van der Waals surface area contributed by atoms with Gasteiger partial charge in [-0.15, -0.1) is 0 Å². The third-order valence-electron chi connectivity index (χ3n) is 5.76. The lowest BCUT2D eigenvalue weighted by Gasteiger charge is -2.21. The quantitative estimate of drug-likeness (QED) is 0.790. The number of halogens is 1. The van der Waals surface area contributed by atoms with Crippen LogP contribution in [-0.4, -0.2) is 46.8 Å². The highest BCUT2D eigenvalue weighted by atomic mass is 19.1. The Morgan fingerprint density at radius 3 is 2.79 bits per heavy atom. The van der Waals surface area contributed by atoms with Crippen LogP contribution in [0.1, 0.15) is 48.1 Å². The number of hydrogen-bond donors (Lipinski definition) is 2. The van der Waals surface area contributed by atoms with Crippen LogP contribution in [0.2, 0.25) is 0 Å². The Morgan fingerprint density at radius 1 is 1.39 bits per heavy atom. The molecule has 2 N–H and O–H groups in total. The molecule has 2 aliphatic rings. The Balaban J connectivity index is 1.83. The molecule has 1 atom stereocenters. The number of carbonyl (C=O) groups is 1. The maximum absolute atomic E-state index is 15.2. The zero-order valence-corrected chi connectivity index (χ0v) is 16.2. The zero-order valence-electron chi connectivity index (χ0n) is 16.2. The first kappa shape index (κ1) is 18.9. The van der Waals surface area contributed by atoms with Gasteiger partial charge in [0.2, 0.25) is 5.43 Å².